The summed E-state index contributed by atoms with van der Waals surface area (Å²) in [5.41, 5.74) is 0.953. The van der Waals surface area contributed by atoms with Gasteiger partial charge in [0.05, 0.1) is 24.8 Å². The summed E-state index contributed by atoms with van der Waals surface area (Å²) in [6.45, 7) is 2.61. The van der Waals surface area contributed by atoms with E-state index in [0.717, 1.165) is 11.3 Å². The van der Waals surface area contributed by atoms with Gasteiger partial charge < -0.3 is 18.9 Å². The maximum atomic E-state index is 10.7. The van der Waals surface area contributed by atoms with Crippen molar-refractivity contribution < 1.29 is 23.9 Å². The van der Waals surface area contributed by atoms with Gasteiger partial charge >= 0.3 is 0 Å². The molecule has 0 bridgehead atoms. The molecule has 1 aromatic heterocycles. The van der Waals surface area contributed by atoms with Crippen LogP contribution in [0.25, 0.3) is 0 Å². The zero-order chi connectivity index (χ0) is 20.6. The summed E-state index contributed by atoms with van der Waals surface area (Å²) >= 11 is 0. The molecular formula is C21H20N2O6. The molecule has 0 saturated carbocycles. The molecule has 8 nitrogen and oxygen atoms in total. The topological polar surface area (TPSA) is 93.0 Å². The number of hydrogen-bond acceptors (Lipinski definition) is 7. The Morgan fingerprint density at radius 3 is 2.28 bits per heavy atom. The largest absolute Gasteiger partial charge is 0.497 e. The Hall–Kier alpha value is -3.81. The molecule has 8 heteroatoms. The minimum Gasteiger partial charge on any atom is -0.497 e. The molecule has 0 unspecified atom stereocenters. The SMILES string of the molecule is CCOc1cc(Oc2ccc([N+](=O)[O-])cc2)cnc1OCc1ccc(OC)cc1. The molecule has 3 aromatic rings. The van der Waals surface area contributed by atoms with Crippen LogP contribution in [0.1, 0.15) is 12.5 Å². The highest BCUT2D eigenvalue weighted by molar-refractivity contribution is 5.43. The maximum Gasteiger partial charge on any atom is 0.269 e. The Labute approximate surface area is 167 Å². The highest BCUT2D eigenvalue weighted by Gasteiger charge is 2.11. The second-order valence-electron chi connectivity index (χ2n) is 5.90. The number of methoxy groups -OCH3 is 1. The lowest BCUT2D eigenvalue weighted by molar-refractivity contribution is -0.384. The smallest absolute Gasteiger partial charge is 0.269 e. The zero-order valence-corrected chi connectivity index (χ0v) is 16.0. The molecule has 0 atom stereocenters. The van der Waals surface area contributed by atoms with E-state index < -0.39 is 4.92 Å². The van der Waals surface area contributed by atoms with E-state index in [2.05, 4.69) is 4.98 Å². The van der Waals surface area contributed by atoms with Gasteiger partial charge in [0.2, 0.25) is 0 Å². The molecule has 0 aliphatic rings. The molecule has 0 aliphatic carbocycles. The summed E-state index contributed by atoms with van der Waals surface area (Å²) in [6, 6.07) is 15.0. The average molecular weight is 396 g/mol. The molecular weight excluding hydrogens is 376 g/mol. The third kappa shape index (κ3) is 5.35. The zero-order valence-electron chi connectivity index (χ0n) is 16.0. The van der Waals surface area contributed by atoms with Crippen molar-refractivity contribution in [2.75, 3.05) is 13.7 Å². The van der Waals surface area contributed by atoms with Crippen molar-refractivity contribution in [1.82, 2.24) is 4.98 Å². The van der Waals surface area contributed by atoms with Crippen LogP contribution >= 0.6 is 0 Å². The first-order chi connectivity index (χ1) is 14.1. The minimum absolute atomic E-state index is 0.00670. The van der Waals surface area contributed by atoms with Crippen LogP contribution in [0.5, 0.6) is 28.9 Å². The van der Waals surface area contributed by atoms with Gasteiger partial charge in [0.15, 0.2) is 5.75 Å². The second-order valence-corrected chi connectivity index (χ2v) is 5.90. The first kappa shape index (κ1) is 19.9. The summed E-state index contributed by atoms with van der Waals surface area (Å²) in [6.07, 6.45) is 1.51. The van der Waals surface area contributed by atoms with Crippen molar-refractivity contribution in [3.8, 4) is 28.9 Å². The number of benzene rings is 2. The quantitative estimate of drug-likeness (QED) is 0.380. The van der Waals surface area contributed by atoms with Crippen LogP contribution < -0.4 is 18.9 Å². The summed E-state index contributed by atoms with van der Waals surface area (Å²) < 4.78 is 22.3. The van der Waals surface area contributed by atoms with Gasteiger partial charge in [-0.1, -0.05) is 12.1 Å². The summed E-state index contributed by atoms with van der Waals surface area (Å²) in [4.78, 5) is 14.6. The lowest BCUT2D eigenvalue weighted by atomic mass is 10.2. The van der Waals surface area contributed by atoms with E-state index in [0.29, 0.717) is 36.3 Å². The normalized spacial score (nSPS) is 10.3. The van der Waals surface area contributed by atoms with Gasteiger partial charge in [0, 0.05) is 18.2 Å². The number of nitrogens with zero attached hydrogens (tertiary/aromatic N) is 2. The molecule has 0 fully saturated rings. The molecule has 29 heavy (non-hydrogen) atoms. The first-order valence-electron chi connectivity index (χ1n) is 8.90. The number of rotatable bonds is 9. The Bertz CT molecular complexity index is 958. The fourth-order valence-electron chi connectivity index (χ4n) is 2.48. The number of hydrogen-bond donors (Lipinski definition) is 0. The van der Waals surface area contributed by atoms with Crippen LogP contribution in [0.3, 0.4) is 0 Å². The van der Waals surface area contributed by atoms with E-state index in [4.69, 9.17) is 18.9 Å². The predicted octanol–water partition coefficient (Wildman–Crippen LogP) is 4.77. The van der Waals surface area contributed by atoms with Gasteiger partial charge in [-0.15, -0.1) is 0 Å². The summed E-state index contributed by atoms with van der Waals surface area (Å²) in [7, 11) is 1.62. The van der Waals surface area contributed by atoms with Gasteiger partial charge in [0.1, 0.15) is 23.9 Å². The lowest BCUT2D eigenvalue weighted by Gasteiger charge is -2.13. The van der Waals surface area contributed by atoms with Gasteiger partial charge in [-0.25, -0.2) is 4.98 Å². The highest BCUT2D eigenvalue weighted by atomic mass is 16.6. The first-order valence-corrected chi connectivity index (χ1v) is 8.90. The van der Waals surface area contributed by atoms with Gasteiger partial charge in [-0.05, 0) is 36.8 Å². The van der Waals surface area contributed by atoms with Crippen LogP contribution in [0, 0.1) is 10.1 Å². The Morgan fingerprint density at radius 1 is 0.966 bits per heavy atom. The molecule has 0 N–H and O–H groups in total. The van der Waals surface area contributed by atoms with E-state index in [1.807, 2.05) is 31.2 Å². The van der Waals surface area contributed by atoms with E-state index in [1.54, 1.807) is 13.2 Å². The number of pyridine rings is 1. The van der Waals surface area contributed by atoms with Crippen molar-refractivity contribution in [1.29, 1.82) is 0 Å². The molecule has 1 heterocycles. The third-order valence-corrected chi connectivity index (χ3v) is 3.91. The molecule has 0 saturated heterocycles. The van der Waals surface area contributed by atoms with E-state index in [9.17, 15) is 10.1 Å². The molecule has 3 rings (SSSR count). The molecule has 0 amide bonds. The Kier molecular flexibility index (Phi) is 6.47. The van der Waals surface area contributed by atoms with Gasteiger partial charge in [-0.2, -0.15) is 0 Å². The van der Waals surface area contributed by atoms with Gasteiger partial charge in [0.25, 0.3) is 11.6 Å². The number of aromatic nitrogens is 1. The summed E-state index contributed by atoms with van der Waals surface area (Å²) in [5.74, 6) is 2.44. The lowest BCUT2D eigenvalue weighted by Crippen LogP contribution is -2.02. The molecule has 0 radical (unpaired) electrons. The van der Waals surface area contributed by atoms with Gasteiger partial charge in [-0.3, -0.25) is 10.1 Å². The third-order valence-electron chi connectivity index (χ3n) is 3.91. The van der Waals surface area contributed by atoms with Crippen LogP contribution in [0.4, 0.5) is 5.69 Å². The number of non-ortho nitro benzene ring substituents is 1. The van der Waals surface area contributed by atoms with E-state index in [1.165, 1.54) is 30.5 Å². The van der Waals surface area contributed by atoms with Crippen molar-refractivity contribution in [3.63, 3.8) is 0 Å². The van der Waals surface area contributed by atoms with E-state index in [-0.39, 0.29) is 5.69 Å². The average Bonchev–Trinajstić information content (AvgIpc) is 2.74. The fourth-order valence-corrected chi connectivity index (χ4v) is 2.48. The highest BCUT2D eigenvalue weighted by Crippen LogP contribution is 2.32. The standard InChI is InChI=1S/C21H20N2O6/c1-3-27-20-12-19(29-18-10-6-16(7-11-18)23(24)25)13-22-21(20)28-14-15-4-8-17(26-2)9-5-15/h4-13H,3,14H2,1-2H3. The van der Waals surface area contributed by atoms with Crippen molar-refractivity contribution >= 4 is 5.69 Å². The minimum atomic E-state index is -0.465. The van der Waals surface area contributed by atoms with Crippen LogP contribution in [0.15, 0.2) is 60.8 Å². The van der Waals surface area contributed by atoms with Crippen molar-refractivity contribution in [3.05, 3.63) is 76.5 Å². The molecule has 0 aliphatic heterocycles. The Balaban J connectivity index is 1.70. The molecule has 150 valence electrons. The number of nitro benzene ring substituents is 1. The maximum absolute atomic E-state index is 10.7. The van der Waals surface area contributed by atoms with Crippen LogP contribution in [0.2, 0.25) is 0 Å². The molecule has 0 spiro atoms. The summed E-state index contributed by atoms with van der Waals surface area (Å²) in [5, 5.41) is 10.7. The monoisotopic (exact) mass is 396 g/mol. The number of ether oxygens (including phenoxy) is 4. The van der Waals surface area contributed by atoms with Crippen molar-refractivity contribution in [2.45, 2.75) is 13.5 Å². The second kappa shape index (κ2) is 9.41. The predicted molar refractivity (Wildman–Crippen MR) is 106 cm³/mol. The fraction of sp³-hybridized carbons (Fsp3) is 0.190. The Morgan fingerprint density at radius 2 is 1.66 bits per heavy atom. The molecule has 2 aromatic carbocycles. The van der Waals surface area contributed by atoms with Crippen LogP contribution in [-0.4, -0.2) is 23.6 Å². The van der Waals surface area contributed by atoms with Crippen molar-refractivity contribution in [2.24, 2.45) is 0 Å². The number of nitro groups is 1. The van der Waals surface area contributed by atoms with Crippen LogP contribution in [-0.2, 0) is 6.61 Å². The van der Waals surface area contributed by atoms with E-state index >= 15 is 0 Å².